The van der Waals surface area contributed by atoms with Gasteiger partial charge in [0.25, 0.3) is 0 Å². The predicted molar refractivity (Wildman–Crippen MR) is 95.3 cm³/mol. The van der Waals surface area contributed by atoms with Crippen LogP contribution in [0.3, 0.4) is 0 Å². The van der Waals surface area contributed by atoms with Crippen LogP contribution in [0.4, 0.5) is 5.13 Å². The van der Waals surface area contributed by atoms with Crippen molar-refractivity contribution in [3.8, 4) is 0 Å². The maximum absolute atomic E-state index is 12.4. The number of hydrogen-bond donors (Lipinski definition) is 1. The number of carbonyl (C=O) groups excluding carboxylic acids is 1. The van der Waals surface area contributed by atoms with Gasteiger partial charge in [-0.2, -0.15) is 0 Å². The molecule has 3 heterocycles. The summed E-state index contributed by atoms with van der Waals surface area (Å²) in [5, 5.41) is 3.03. The topological polar surface area (TPSA) is 65.1 Å². The van der Waals surface area contributed by atoms with Crippen LogP contribution in [-0.4, -0.2) is 51.9 Å². The molecule has 1 fully saturated rings. The number of rotatable bonds is 4. The molecule has 0 atom stereocenters. The number of aromatic nitrogens is 3. The number of piperazine rings is 1. The first kappa shape index (κ1) is 15.1. The monoisotopic (exact) mass is 341 g/mol. The number of aryl methyl sites for hydroxylation is 1. The third kappa shape index (κ3) is 3.12. The molecule has 0 unspecified atom stereocenters. The highest BCUT2D eigenvalue weighted by Crippen LogP contribution is 2.19. The molecule has 0 radical (unpaired) electrons. The van der Waals surface area contributed by atoms with Crippen molar-refractivity contribution in [3.63, 3.8) is 0 Å². The molecule has 1 aromatic carbocycles. The van der Waals surface area contributed by atoms with Crippen LogP contribution in [0.15, 0.2) is 35.8 Å². The van der Waals surface area contributed by atoms with Crippen LogP contribution in [-0.2, 0) is 11.2 Å². The maximum atomic E-state index is 12.4. The number of thiazole rings is 1. The van der Waals surface area contributed by atoms with Crippen LogP contribution in [0.2, 0.25) is 0 Å². The number of nitrogens with one attached hydrogen (secondary N) is 1. The molecule has 124 valence electrons. The minimum absolute atomic E-state index is 0.203. The SMILES string of the molecule is O=C(CCc1nc2ccccc2[nH]1)N1CCN(c2nccs2)CC1. The Morgan fingerprint density at radius 2 is 2.04 bits per heavy atom. The summed E-state index contributed by atoms with van der Waals surface area (Å²) in [5.41, 5.74) is 1.98. The molecule has 24 heavy (non-hydrogen) atoms. The quantitative estimate of drug-likeness (QED) is 0.791. The Bertz CT molecular complexity index is 788. The summed E-state index contributed by atoms with van der Waals surface area (Å²) < 4.78 is 0. The number of aromatic amines is 1. The van der Waals surface area contributed by atoms with Crippen molar-refractivity contribution in [2.24, 2.45) is 0 Å². The van der Waals surface area contributed by atoms with E-state index in [1.807, 2.05) is 40.7 Å². The molecule has 7 heteroatoms. The number of nitrogens with zero attached hydrogens (tertiary/aromatic N) is 4. The molecular weight excluding hydrogens is 322 g/mol. The zero-order valence-electron chi connectivity index (χ0n) is 13.3. The molecule has 1 aliphatic rings. The number of hydrogen-bond acceptors (Lipinski definition) is 5. The minimum atomic E-state index is 0.203. The first-order valence-corrected chi connectivity index (χ1v) is 9.03. The highest BCUT2D eigenvalue weighted by atomic mass is 32.1. The average Bonchev–Trinajstić information content (AvgIpc) is 3.29. The van der Waals surface area contributed by atoms with E-state index < -0.39 is 0 Å². The van der Waals surface area contributed by atoms with Gasteiger partial charge in [-0.05, 0) is 12.1 Å². The van der Waals surface area contributed by atoms with E-state index in [1.54, 1.807) is 11.3 Å². The van der Waals surface area contributed by atoms with Gasteiger partial charge in [0.1, 0.15) is 5.82 Å². The first-order valence-electron chi connectivity index (χ1n) is 8.15. The summed E-state index contributed by atoms with van der Waals surface area (Å²) >= 11 is 1.65. The van der Waals surface area contributed by atoms with Crippen LogP contribution in [0, 0.1) is 0 Å². The summed E-state index contributed by atoms with van der Waals surface area (Å²) in [4.78, 5) is 28.8. The Balaban J connectivity index is 1.30. The number of fused-ring (bicyclic) bond motifs is 1. The lowest BCUT2D eigenvalue weighted by Gasteiger charge is -2.34. The van der Waals surface area contributed by atoms with Gasteiger partial charge in [-0.1, -0.05) is 12.1 Å². The zero-order valence-corrected chi connectivity index (χ0v) is 14.1. The standard InChI is InChI=1S/C17H19N5OS/c23-16(6-5-15-19-13-3-1-2-4-14(13)20-15)21-8-10-22(11-9-21)17-18-7-12-24-17/h1-4,7,12H,5-6,8-11H2,(H,19,20). The molecule has 1 aliphatic heterocycles. The van der Waals surface area contributed by atoms with Crippen LogP contribution in [0.1, 0.15) is 12.2 Å². The van der Waals surface area contributed by atoms with Crippen molar-refractivity contribution < 1.29 is 4.79 Å². The normalized spacial score (nSPS) is 15.2. The summed E-state index contributed by atoms with van der Waals surface area (Å²) in [7, 11) is 0. The summed E-state index contributed by atoms with van der Waals surface area (Å²) in [5.74, 6) is 1.08. The summed E-state index contributed by atoms with van der Waals surface area (Å²) in [6, 6.07) is 7.94. The van der Waals surface area contributed by atoms with Crippen LogP contribution >= 0.6 is 11.3 Å². The Kier molecular flexibility index (Phi) is 4.17. The highest BCUT2D eigenvalue weighted by molar-refractivity contribution is 7.13. The zero-order chi connectivity index (χ0) is 16.4. The van der Waals surface area contributed by atoms with Gasteiger partial charge in [0.05, 0.1) is 11.0 Å². The maximum Gasteiger partial charge on any atom is 0.223 e. The van der Waals surface area contributed by atoms with E-state index in [1.165, 1.54) is 0 Å². The van der Waals surface area contributed by atoms with Gasteiger partial charge in [0, 0.05) is 50.6 Å². The van der Waals surface area contributed by atoms with Gasteiger partial charge < -0.3 is 14.8 Å². The number of benzene rings is 1. The molecular formula is C17H19N5OS. The first-order chi connectivity index (χ1) is 11.8. The van der Waals surface area contributed by atoms with E-state index in [4.69, 9.17) is 0 Å². The van der Waals surface area contributed by atoms with Gasteiger partial charge in [-0.25, -0.2) is 9.97 Å². The highest BCUT2D eigenvalue weighted by Gasteiger charge is 2.22. The number of H-pyrrole nitrogens is 1. The molecule has 4 rings (SSSR count). The lowest BCUT2D eigenvalue weighted by atomic mass is 10.2. The van der Waals surface area contributed by atoms with E-state index in [0.29, 0.717) is 12.8 Å². The fourth-order valence-corrected chi connectivity index (χ4v) is 3.72. The van der Waals surface area contributed by atoms with Crippen molar-refractivity contribution in [2.45, 2.75) is 12.8 Å². The Morgan fingerprint density at radius 1 is 1.21 bits per heavy atom. The van der Waals surface area contributed by atoms with Crippen molar-refractivity contribution in [1.82, 2.24) is 19.9 Å². The molecule has 1 saturated heterocycles. The average molecular weight is 341 g/mol. The second kappa shape index (κ2) is 6.60. The van der Waals surface area contributed by atoms with Gasteiger partial charge in [-0.3, -0.25) is 4.79 Å². The summed E-state index contributed by atoms with van der Waals surface area (Å²) in [6.45, 7) is 3.23. The molecule has 0 bridgehead atoms. The van der Waals surface area contributed by atoms with Crippen molar-refractivity contribution >= 4 is 33.4 Å². The molecule has 0 saturated carbocycles. The molecule has 1 amide bonds. The third-order valence-electron chi connectivity index (χ3n) is 4.34. The number of anilines is 1. The minimum Gasteiger partial charge on any atom is -0.345 e. The number of para-hydroxylation sites is 2. The number of amides is 1. The molecule has 0 aliphatic carbocycles. The van der Waals surface area contributed by atoms with Crippen LogP contribution in [0.25, 0.3) is 11.0 Å². The summed E-state index contributed by atoms with van der Waals surface area (Å²) in [6.07, 6.45) is 2.97. The van der Waals surface area contributed by atoms with Gasteiger partial charge in [0.15, 0.2) is 5.13 Å². The fourth-order valence-electron chi connectivity index (χ4n) is 3.03. The molecule has 0 spiro atoms. The lowest BCUT2D eigenvalue weighted by molar-refractivity contribution is -0.131. The van der Waals surface area contributed by atoms with E-state index in [-0.39, 0.29) is 5.91 Å². The second-order valence-electron chi connectivity index (χ2n) is 5.88. The Morgan fingerprint density at radius 3 is 2.79 bits per heavy atom. The van der Waals surface area contributed by atoms with Gasteiger partial charge >= 0.3 is 0 Å². The van der Waals surface area contributed by atoms with Gasteiger partial charge in [0.2, 0.25) is 5.91 Å². The molecule has 3 aromatic rings. The van der Waals surface area contributed by atoms with E-state index in [0.717, 1.165) is 48.2 Å². The second-order valence-corrected chi connectivity index (χ2v) is 6.76. The fraction of sp³-hybridized carbons (Fsp3) is 0.353. The predicted octanol–water partition coefficient (Wildman–Crippen LogP) is 2.30. The van der Waals surface area contributed by atoms with Gasteiger partial charge in [-0.15, -0.1) is 11.3 Å². The molecule has 2 aromatic heterocycles. The number of imidazole rings is 1. The van der Waals surface area contributed by atoms with Crippen LogP contribution in [0.5, 0.6) is 0 Å². The van der Waals surface area contributed by atoms with Crippen molar-refractivity contribution in [3.05, 3.63) is 41.7 Å². The smallest absolute Gasteiger partial charge is 0.223 e. The van der Waals surface area contributed by atoms with E-state index in [2.05, 4.69) is 19.9 Å². The molecule has 6 nitrogen and oxygen atoms in total. The van der Waals surface area contributed by atoms with Crippen molar-refractivity contribution in [1.29, 1.82) is 0 Å². The van der Waals surface area contributed by atoms with Crippen molar-refractivity contribution in [2.75, 3.05) is 31.1 Å². The lowest BCUT2D eigenvalue weighted by Crippen LogP contribution is -2.48. The van der Waals surface area contributed by atoms with Crippen LogP contribution < -0.4 is 4.90 Å². The molecule has 1 N–H and O–H groups in total. The van der Waals surface area contributed by atoms with E-state index in [9.17, 15) is 4.79 Å². The Labute approximate surface area is 144 Å². The Hall–Kier alpha value is -2.41. The largest absolute Gasteiger partial charge is 0.345 e. The third-order valence-corrected chi connectivity index (χ3v) is 5.17. The van der Waals surface area contributed by atoms with E-state index >= 15 is 0 Å². The number of carbonyl (C=O) groups is 1.